The van der Waals surface area contributed by atoms with Crippen LogP contribution in [0.15, 0.2) is 126 Å². The van der Waals surface area contributed by atoms with E-state index in [-0.39, 0.29) is 11.8 Å². The van der Waals surface area contributed by atoms with E-state index >= 15 is 4.39 Å². The number of benzene rings is 6. The number of fused-ring (bicyclic) bond motifs is 4. The number of nitrogens with zero attached hydrogens (tertiary/aromatic N) is 2. The van der Waals surface area contributed by atoms with Gasteiger partial charge in [-0.25, -0.2) is 13.8 Å². The molecule has 0 unspecified atom stereocenters. The van der Waals surface area contributed by atoms with Gasteiger partial charge in [0.05, 0.1) is 27.7 Å². The van der Waals surface area contributed by atoms with Crippen LogP contribution >= 0.6 is 0 Å². The molecule has 3 nitrogen and oxygen atoms in total. The lowest BCUT2D eigenvalue weighted by atomic mass is 9.87. The number of hydrogen-bond acceptors (Lipinski definition) is 2. The monoisotopic (exact) mass is 632 g/mol. The van der Waals surface area contributed by atoms with E-state index in [1.165, 1.54) is 40.5 Å². The SMILES string of the molecule is CC(C)c1cc(-c2ccc(-c3ccccc3)cc2)cc(C(C)C)c1-n1c(-c2ccc(F)c3c2oc2cc(F)ccc23)nc2ccccc21. The Morgan fingerprint density at radius 2 is 1.25 bits per heavy atom. The lowest BCUT2D eigenvalue weighted by Gasteiger charge is -2.24. The molecule has 0 radical (unpaired) electrons. The molecular formula is C43H34F2N2O. The summed E-state index contributed by atoms with van der Waals surface area (Å²) in [5.74, 6) is 0.142. The van der Waals surface area contributed by atoms with Gasteiger partial charge in [0.2, 0.25) is 0 Å². The van der Waals surface area contributed by atoms with E-state index in [1.807, 2.05) is 24.3 Å². The zero-order valence-electron chi connectivity index (χ0n) is 27.3. The zero-order chi connectivity index (χ0) is 33.1. The smallest absolute Gasteiger partial charge is 0.149 e. The molecule has 2 heterocycles. The molecule has 236 valence electrons. The second-order valence-corrected chi connectivity index (χ2v) is 13.1. The minimum Gasteiger partial charge on any atom is -0.455 e. The number of halogens is 2. The number of furan rings is 1. The van der Waals surface area contributed by atoms with Gasteiger partial charge in [-0.1, -0.05) is 94.4 Å². The standard InChI is InChI=1S/C43H34F2N2O/c1-25(2)34-22-30(29-16-14-28(15-17-29)27-10-6-5-7-11-27)23-35(26(3)4)41(34)47-38-13-9-8-12-37(38)46-43(47)33-20-21-36(45)40-32-19-18-31(44)24-39(32)48-42(33)40/h5-26H,1-4H3. The van der Waals surface area contributed by atoms with Crippen LogP contribution in [0.1, 0.15) is 50.7 Å². The van der Waals surface area contributed by atoms with E-state index in [4.69, 9.17) is 9.40 Å². The quantitative estimate of drug-likeness (QED) is 0.183. The predicted molar refractivity (Wildman–Crippen MR) is 193 cm³/mol. The molecule has 0 spiro atoms. The molecule has 0 aliphatic carbocycles. The van der Waals surface area contributed by atoms with E-state index in [1.54, 1.807) is 12.1 Å². The summed E-state index contributed by atoms with van der Waals surface area (Å²) in [6, 6.07) is 39.2. The molecule has 2 aromatic heterocycles. The number of aromatic nitrogens is 2. The summed E-state index contributed by atoms with van der Waals surface area (Å²) in [7, 11) is 0. The topological polar surface area (TPSA) is 31.0 Å². The molecule has 0 N–H and O–H groups in total. The van der Waals surface area contributed by atoms with Crippen LogP contribution in [0, 0.1) is 11.6 Å². The van der Waals surface area contributed by atoms with Gasteiger partial charge in [-0.2, -0.15) is 0 Å². The first-order valence-electron chi connectivity index (χ1n) is 16.4. The molecule has 6 aromatic carbocycles. The Morgan fingerprint density at radius 3 is 1.94 bits per heavy atom. The highest BCUT2D eigenvalue weighted by Crippen LogP contribution is 2.43. The molecule has 0 saturated carbocycles. The summed E-state index contributed by atoms with van der Waals surface area (Å²) in [4.78, 5) is 5.15. The molecule has 0 aliphatic heterocycles. The van der Waals surface area contributed by atoms with Crippen molar-refractivity contribution >= 4 is 33.0 Å². The average molecular weight is 633 g/mol. The first-order chi connectivity index (χ1) is 23.3. The lowest BCUT2D eigenvalue weighted by Crippen LogP contribution is -2.09. The Morgan fingerprint density at radius 1 is 0.625 bits per heavy atom. The highest BCUT2D eigenvalue weighted by molar-refractivity contribution is 6.10. The number of para-hydroxylation sites is 2. The molecule has 0 atom stereocenters. The Kier molecular flexibility index (Phi) is 7.21. The normalized spacial score (nSPS) is 11.9. The van der Waals surface area contributed by atoms with Crippen LogP contribution in [-0.4, -0.2) is 9.55 Å². The van der Waals surface area contributed by atoms with Crippen molar-refractivity contribution in [3.8, 4) is 39.3 Å². The fourth-order valence-electron chi connectivity index (χ4n) is 6.89. The van der Waals surface area contributed by atoms with Gasteiger partial charge in [-0.15, -0.1) is 0 Å². The third kappa shape index (κ3) is 4.89. The molecule has 0 saturated heterocycles. The Labute approximate surface area is 278 Å². The highest BCUT2D eigenvalue weighted by Gasteiger charge is 2.26. The molecule has 48 heavy (non-hydrogen) atoms. The summed E-state index contributed by atoms with van der Waals surface area (Å²) >= 11 is 0. The number of imidazole rings is 1. The van der Waals surface area contributed by atoms with Gasteiger partial charge in [0, 0.05) is 11.5 Å². The first kappa shape index (κ1) is 29.8. The second kappa shape index (κ2) is 11.6. The average Bonchev–Trinajstić information content (AvgIpc) is 3.67. The van der Waals surface area contributed by atoms with Crippen LogP contribution in [0.4, 0.5) is 8.78 Å². The van der Waals surface area contributed by atoms with Crippen molar-refractivity contribution in [2.45, 2.75) is 39.5 Å². The zero-order valence-corrected chi connectivity index (χ0v) is 27.3. The van der Waals surface area contributed by atoms with Crippen molar-refractivity contribution < 1.29 is 13.2 Å². The van der Waals surface area contributed by atoms with E-state index < -0.39 is 11.6 Å². The van der Waals surface area contributed by atoms with Gasteiger partial charge < -0.3 is 4.42 Å². The van der Waals surface area contributed by atoms with Crippen LogP contribution in [0.5, 0.6) is 0 Å². The van der Waals surface area contributed by atoms with Crippen molar-refractivity contribution in [3.05, 3.63) is 144 Å². The van der Waals surface area contributed by atoms with Crippen LogP contribution in [0.3, 0.4) is 0 Å². The molecular weight excluding hydrogens is 598 g/mol. The van der Waals surface area contributed by atoms with Gasteiger partial charge in [0.1, 0.15) is 28.6 Å². The minimum atomic E-state index is -0.436. The minimum absolute atomic E-state index is 0.178. The largest absolute Gasteiger partial charge is 0.455 e. The maximum absolute atomic E-state index is 15.5. The Bertz CT molecular complexity index is 2440. The maximum atomic E-state index is 15.5. The summed E-state index contributed by atoms with van der Waals surface area (Å²) in [5, 5.41) is 0.852. The molecule has 5 heteroatoms. The Hall–Kier alpha value is -5.55. The molecule has 0 fully saturated rings. The first-order valence-corrected chi connectivity index (χ1v) is 16.4. The van der Waals surface area contributed by atoms with Crippen molar-refractivity contribution in [1.29, 1.82) is 0 Å². The lowest BCUT2D eigenvalue weighted by molar-refractivity contribution is 0.617. The van der Waals surface area contributed by atoms with Crippen LogP contribution < -0.4 is 0 Å². The summed E-state index contributed by atoms with van der Waals surface area (Å²) < 4.78 is 38.1. The van der Waals surface area contributed by atoms with Gasteiger partial charge in [0.15, 0.2) is 0 Å². The summed E-state index contributed by atoms with van der Waals surface area (Å²) in [5.41, 5.74) is 11.1. The van der Waals surface area contributed by atoms with Gasteiger partial charge >= 0.3 is 0 Å². The highest BCUT2D eigenvalue weighted by atomic mass is 19.1. The third-order valence-electron chi connectivity index (χ3n) is 9.30. The number of hydrogen-bond donors (Lipinski definition) is 0. The molecule has 0 amide bonds. The van der Waals surface area contributed by atoms with Crippen molar-refractivity contribution in [2.24, 2.45) is 0 Å². The summed E-state index contributed by atoms with van der Waals surface area (Å²) in [6.07, 6.45) is 0. The Balaban J connectivity index is 1.39. The van der Waals surface area contributed by atoms with Crippen molar-refractivity contribution in [1.82, 2.24) is 9.55 Å². The molecule has 8 aromatic rings. The number of rotatable bonds is 6. The van der Waals surface area contributed by atoms with Gasteiger partial charge in [0.25, 0.3) is 0 Å². The molecule has 8 rings (SSSR count). The summed E-state index contributed by atoms with van der Waals surface area (Å²) in [6.45, 7) is 8.86. The maximum Gasteiger partial charge on any atom is 0.149 e. The van der Waals surface area contributed by atoms with Crippen LogP contribution in [0.2, 0.25) is 0 Å². The van der Waals surface area contributed by atoms with Gasteiger partial charge in [-0.05, 0) is 93.7 Å². The van der Waals surface area contributed by atoms with E-state index in [2.05, 4.69) is 99.0 Å². The van der Waals surface area contributed by atoms with Crippen molar-refractivity contribution in [2.75, 3.05) is 0 Å². The van der Waals surface area contributed by atoms with Crippen molar-refractivity contribution in [3.63, 3.8) is 0 Å². The van der Waals surface area contributed by atoms with E-state index in [9.17, 15) is 4.39 Å². The van der Waals surface area contributed by atoms with Crippen LogP contribution in [0.25, 0.3) is 72.3 Å². The van der Waals surface area contributed by atoms with Gasteiger partial charge in [-0.3, -0.25) is 4.57 Å². The fraction of sp³-hybridized carbons (Fsp3) is 0.140. The second-order valence-electron chi connectivity index (χ2n) is 13.1. The fourth-order valence-corrected chi connectivity index (χ4v) is 6.89. The van der Waals surface area contributed by atoms with E-state index in [0.717, 1.165) is 27.8 Å². The molecule has 0 aliphatic rings. The van der Waals surface area contributed by atoms with Crippen LogP contribution in [-0.2, 0) is 0 Å². The predicted octanol–water partition coefficient (Wildman–Crippen LogP) is 12.5. The third-order valence-corrected chi connectivity index (χ3v) is 9.30. The molecule has 0 bridgehead atoms. The van der Waals surface area contributed by atoms with E-state index in [0.29, 0.717) is 33.3 Å².